The first-order valence-corrected chi connectivity index (χ1v) is 8.78. The first kappa shape index (κ1) is 15.0. The van der Waals surface area contributed by atoms with Gasteiger partial charge in [0.25, 0.3) is 0 Å². The monoisotopic (exact) mass is 290 g/mol. The summed E-state index contributed by atoms with van der Waals surface area (Å²) in [5.41, 5.74) is 1.20. The molecule has 3 unspecified atom stereocenters. The van der Waals surface area contributed by atoms with Gasteiger partial charge < -0.3 is 10.6 Å². The molecule has 21 heavy (non-hydrogen) atoms. The Bertz CT molecular complexity index is 422. The van der Waals surface area contributed by atoms with Crippen molar-refractivity contribution in [3.8, 4) is 0 Å². The third-order valence-corrected chi connectivity index (χ3v) is 5.24. The molecule has 1 aromatic heterocycles. The summed E-state index contributed by atoms with van der Waals surface area (Å²) in [5, 5.41) is 12.1. The van der Waals surface area contributed by atoms with Crippen LogP contribution in [0.3, 0.4) is 0 Å². The molecule has 4 nitrogen and oxygen atoms in total. The lowest BCUT2D eigenvalue weighted by Crippen LogP contribution is -2.50. The van der Waals surface area contributed by atoms with Crippen LogP contribution in [0.5, 0.6) is 0 Å². The van der Waals surface area contributed by atoms with Gasteiger partial charge in [0, 0.05) is 38.3 Å². The lowest BCUT2D eigenvalue weighted by atomic mass is 9.77. The first-order valence-electron chi connectivity index (χ1n) is 8.78. The molecule has 118 valence electrons. The number of aromatic nitrogens is 2. The zero-order chi connectivity index (χ0) is 14.5. The third-order valence-electron chi connectivity index (χ3n) is 5.24. The molecule has 2 heterocycles. The van der Waals surface area contributed by atoms with Crippen molar-refractivity contribution in [3.05, 3.63) is 18.0 Å². The molecule has 4 heteroatoms. The second-order valence-electron chi connectivity index (χ2n) is 6.80. The molecule has 0 aromatic carbocycles. The van der Waals surface area contributed by atoms with Gasteiger partial charge in [-0.2, -0.15) is 5.10 Å². The van der Waals surface area contributed by atoms with E-state index in [9.17, 15) is 0 Å². The Kier molecular flexibility index (Phi) is 5.31. The average Bonchev–Trinajstić information content (AvgIpc) is 2.94. The number of aryl methyl sites for hydroxylation is 1. The summed E-state index contributed by atoms with van der Waals surface area (Å²) >= 11 is 0. The van der Waals surface area contributed by atoms with Crippen LogP contribution < -0.4 is 10.6 Å². The summed E-state index contributed by atoms with van der Waals surface area (Å²) in [5.74, 6) is 0.836. The highest BCUT2D eigenvalue weighted by Crippen LogP contribution is 2.30. The molecule has 2 fully saturated rings. The van der Waals surface area contributed by atoms with Gasteiger partial charge in [0.2, 0.25) is 0 Å². The molecule has 3 atom stereocenters. The fraction of sp³-hybridized carbons (Fsp3) is 0.824. The van der Waals surface area contributed by atoms with Gasteiger partial charge in [0.15, 0.2) is 0 Å². The fourth-order valence-electron chi connectivity index (χ4n) is 4.12. The van der Waals surface area contributed by atoms with Gasteiger partial charge in [0.05, 0.1) is 5.69 Å². The van der Waals surface area contributed by atoms with Crippen molar-refractivity contribution < 1.29 is 0 Å². The normalized spacial score (nSPS) is 30.4. The molecule has 1 saturated carbocycles. The molecule has 2 N–H and O–H groups in total. The Morgan fingerprint density at radius 2 is 2.10 bits per heavy atom. The molecule has 0 radical (unpaired) electrons. The minimum atomic E-state index is 0.707. The van der Waals surface area contributed by atoms with E-state index in [1.165, 1.54) is 57.2 Å². The molecule has 0 amide bonds. The lowest BCUT2D eigenvalue weighted by Gasteiger charge is -2.40. The lowest BCUT2D eigenvalue weighted by molar-refractivity contribution is 0.182. The summed E-state index contributed by atoms with van der Waals surface area (Å²) in [6, 6.07) is 3.59. The summed E-state index contributed by atoms with van der Waals surface area (Å²) < 4.78 is 1.89. The molecule has 1 saturated heterocycles. The zero-order valence-electron chi connectivity index (χ0n) is 13.4. The molecular formula is C17H30N4. The predicted octanol–water partition coefficient (Wildman–Crippen LogP) is 2.25. The van der Waals surface area contributed by atoms with Crippen molar-refractivity contribution in [3.63, 3.8) is 0 Å². The second-order valence-corrected chi connectivity index (χ2v) is 6.80. The van der Waals surface area contributed by atoms with E-state index in [1.54, 1.807) is 0 Å². The van der Waals surface area contributed by atoms with Gasteiger partial charge in [-0.3, -0.25) is 4.68 Å². The topological polar surface area (TPSA) is 41.9 Å². The van der Waals surface area contributed by atoms with Crippen molar-refractivity contribution in [2.24, 2.45) is 13.0 Å². The van der Waals surface area contributed by atoms with Crippen molar-refractivity contribution >= 4 is 0 Å². The van der Waals surface area contributed by atoms with E-state index in [1.807, 2.05) is 17.9 Å². The van der Waals surface area contributed by atoms with E-state index in [4.69, 9.17) is 0 Å². The zero-order valence-corrected chi connectivity index (χ0v) is 13.4. The number of nitrogens with zero attached hydrogens (tertiary/aromatic N) is 2. The van der Waals surface area contributed by atoms with E-state index in [0.717, 1.165) is 24.9 Å². The van der Waals surface area contributed by atoms with Crippen LogP contribution in [0.1, 0.15) is 50.6 Å². The molecule has 3 rings (SSSR count). The minimum absolute atomic E-state index is 0.707. The summed E-state index contributed by atoms with van der Waals surface area (Å²) in [6.45, 7) is 2.28. The number of hydrogen-bond donors (Lipinski definition) is 2. The van der Waals surface area contributed by atoms with E-state index in [0.29, 0.717) is 6.04 Å². The van der Waals surface area contributed by atoms with Crippen LogP contribution in [0.25, 0.3) is 0 Å². The number of nitrogens with one attached hydrogen (secondary N) is 2. The van der Waals surface area contributed by atoms with E-state index in [-0.39, 0.29) is 0 Å². The number of piperidine rings is 1. The van der Waals surface area contributed by atoms with Crippen LogP contribution in [0.4, 0.5) is 0 Å². The summed E-state index contributed by atoms with van der Waals surface area (Å²) in [4.78, 5) is 0. The SMILES string of the molecule is Cn1ccc(CCNC2CCCCC2C2CCCCN2)n1. The van der Waals surface area contributed by atoms with Crippen LogP contribution in [0.15, 0.2) is 12.3 Å². The maximum Gasteiger partial charge on any atom is 0.0637 e. The maximum atomic E-state index is 4.47. The van der Waals surface area contributed by atoms with Crippen molar-refractivity contribution in [2.75, 3.05) is 13.1 Å². The average molecular weight is 290 g/mol. The molecule has 0 spiro atoms. The Morgan fingerprint density at radius 1 is 1.24 bits per heavy atom. The van der Waals surface area contributed by atoms with Crippen LogP contribution in [-0.2, 0) is 13.5 Å². The van der Waals surface area contributed by atoms with Gasteiger partial charge in [-0.15, -0.1) is 0 Å². The van der Waals surface area contributed by atoms with Crippen molar-refractivity contribution in [2.45, 2.75) is 63.5 Å². The van der Waals surface area contributed by atoms with Gasteiger partial charge in [0.1, 0.15) is 0 Å². The predicted molar refractivity (Wildman–Crippen MR) is 86.3 cm³/mol. The van der Waals surface area contributed by atoms with Crippen LogP contribution in [0, 0.1) is 5.92 Å². The van der Waals surface area contributed by atoms with Gasteiger partial charge in [-0.1, -0.05) is 19.3 Å². The minimum Gasteiger partial charge on any atom is -0.314 e. The maximum absolute atomic E-state index is 4.47. The highest BCUT2D eigenvalue weighted by molar-refractivity contribution is 4.99. The number of hydrogen-bond acceptors (Lipinski definition) is 3. The van der Waals surface area contributed by atoms with E-state index >= 15 is 0 Å². The quantitative estimate of drug-likeness (QED) is 0.874. The Labute approximate surface area is 128 Å². The third kappa shape index (κ3) is 4.07. The largest absolute Gasteiger partial charge is 0.314 e. The standard InChI is InChI=1S/C17H30N4/c1-21-13-10-14(20-21)9-12-19-17-7-3-2-6-15(17)16-8-4-5-11-18-16/h10,13,15-19H,2-9,11-12H2,1H3. The van der Waals surface area contributed by atoms with Crippen molar-refractivity contribution in [1.29, 1.82) is 0 Å². The van der Waals surface area contributed by atoms with Crippen molar-refractivity contribution in [1.82, 2.24) is 20.4 Å². The van der Waals surface area contributed by atoms with Gasteiger partial charge >= 0.3 is 0 Å². The van der Waals surface area contributed by atoms with E-state index < -0.39 is 0 Å². The Hall–Kier alpha value is -0.870. The van der Waals surface area contributed by atoms with Crippen LogP contribution in [0.2, 0.25) is 0 Å². The van der Waals surface area contributed by atoms with Gasteiger partial charge in [-0.05, 0) is 44.2 Å². The van der Waals surface area contributed by atoms with Crippen LogP contribution in [-0.4, -0.2) is 35.0 Å². The second kappa shape index (κ2) is 7.41. The highest BCUT2D eigenvalue weighted by atomic mass is 15.2. The smallest absolute Gasteiger partial charge is 0.0637 e. The molecule has 1 aliphatic carbocycles. The molecule has 1 aliphatic heterocycles. The van der Waals surface area contributed by atoms with Gasteiger partial charge in [-0.25, -0.2) is 0 Å². The Morgan fingerprint density at radius 3 is 2.86 bits per heavy atom. The molecular weight excluding hydrogens is 260 g/mol. The molecule has 1 aromatic rings. The highest BCUT2D eigenvalue weighted by Gasteiger charge is 2.31. The summed E-state index contributed by atoms with van der Waals surface area (Å²) in [7, 11) is 1.99. The molecule has 0 bridgehead atoms. The number of rotatable bonds is 5. The first-order chi connectivity index (χ1) is 10.3. The summed E-state index contributed by atoms with van der Waals surface area (Å²) in [6.07, 6.45) is 12.8. The Balaban J connectivity index is 1.49. The van der Waals surface area contributed by atoms with E-state index in [2.05, 4.69) is 21.8 Å². The van der Waals surface area contributed by atoms with Crippen LogP contribution >= 0.6 is 0 Å². The molecule has 2 aliphatic rings. The fourth-order valence-corrected chi connectivity index (χ4v) is 4.12.